The van der Waals surface area contributed by atoms with E-state index >= 15 is 0 Å². The fraction of sp³-hybridized carbons (Fsp3) is 0.875. The summed E-state index contributed by atoms with van der Waals surface area (Å²) in [6, 6.07) is 0. The number of carbonyl (C=O) groups is 1. The molecule has 2 atom stereocenters. The minimum atomic E-state index is 0.0482. The Labute approximate surface area is 71.4 Å². The summed E-state index contributed by atoms with van der Waals surface area (Å²) in [5.74, 6) is 0.0482. The predicted octanol–water partition coefficient (Wildman–Crippen LogP) is -0.715. The lowest BCUT2D eigenvalue weighted by Gasteiger charge is -2.13. The van der Waals surface area contributed by atoms with Gasteiger partial charge in [-0.1, -0.05) is 0 Å². The Balaban J connectivity index is 2.00. The monoisotopic (exact) mass is 171 g/mol. The minimum absolute atomic E-state index is 0.0482. The van der Waals surface area contributed by atoms with Crippen LogP contribution in [0, 0.1) is 0 Å². The highest BCUT2D eigenvalue weighted by Gasteiger charge is 2.35. The summed E-state index contributed by atoms with van der Waals surface area (Å²) < 4.78 is 10.8. The molecular weight excluding hydrogens is 158 g/mol. The van der Waals surface area contributed by atoms with E-state index in [-0.39, 0.29) is 31.2 Å². The Bertz CT molecular complexity index is 177. The average molecular weight is 171 g/mol. The molecule has 0 saturated carbocycles. The molecule has 2 rings (SSSR count). The molecule has 2 aliphatic heterocycles. The molecule has 4 heteroatoms. The maximum absolute atomic E-state index is 10.9. The van der Waals surface area contributed by atoms with Crippen molar-refractivity contribution in [1.82, 2.24) is 4.90 Å². The molecule has 68 valence electrons. The van der Waals surface area contributed by atoms with Crippen LogP contribution < -0.4 is 0 Å². The van der Waals surface area contributed by atoms with Gasteiger partial charge in [-0.05, 0) is 7.05 Å². The molecule has 0 N–H and O–H groups in total. The molecule has 0 aromatic heterocycles. The molecular formula is C8H13NO3. The van der Waals surface area contributed by atoms with E-state index in [1.54, 1.807) is 0 Å². The van der Waals surface area contributed by atoms with Crippen LogP contribution in [0.1, 0.15) is 0 Å². The number of hydrogen-bond donors (Lipinski definition) is 0. The van der Waals surface area contributed by atoms with Gasteiger partial charge >= 0.3 is 0 Å². The molecule has 2 unspecified atom stereocenters. The predicted molar refractivity (Wildman–Crippen MR) is 42.0 cm³/mol. The van der Waals surface area contributed by atoms with Crippen molar-refractivity contribution in [2.75, 3.05) is 33.4 Å². The fourth-order valence-corrected chi connectivity index (χ4v) is 1.69. The zero-order valence-electron chi connectivity index (χ0n) is 7.16. The normalized spacial score (nSPS) is 37.9. The minimum Gasteiger partial charge on any atom is -0.366 e. The molecule has 12 heavy (non-hydrogen) atoms. The Morgan fingerprint density at radius 3 is 2.25 bits per heavy atom. The largest absolute Gasteiger partial charge is 0.366 e. The fourth-order valence-electron chi connectivity index (χ4n) is 1.69. The number of nitrogens with zero attached hydrogens (tertiary/aromatic N) is 1. The van der Waals surface area contributed by atoms with Crippen LogP contribution in [-0.4, -0.2) is 56.2 Å². The van der Waals surface area contributed by atoms with Crippen molar-refractivity contribution in [3.05, 3.63) is 0 Å². The third kappa shape index (κ3) is 1.50. The van der Waals surface area contributed by atoms with Crippen LogP contribution >= 0.6 is 0 Å². The van der Waals surface area contributed by atoms with Gasteiger partial charge in [-0.25, -0.2) is 0 Å². The van der Waals surface area contributed by atoms with Gasteiger partial charge in [0, 0.05) is 13.1 Å². The number of likely N-dealkylation sites (N-methyl/N-ethyl adjacent to an activating group) is 1. The van der Waals surface area contributed by atoms with Gasteiger partial charge in [0.05, 0.1) is 12.2 Å². The lowest BCUT2D eigenvalue weighted by atomic mass is 10.3. The zero-order valence-corrected chi connectivity index (χ0v) is 7.16. The van der Waals surface area contributed by atoms with Crippen LogP contribution in [0.15, 0.2) is 0 Å². The van der Waals surface area contributed by atoms with E-state index < -0.39 is 0 Å². The molecule has 2 aliphatic rings. The van der Waals surface area contributed by atoms with Crippen LogP contribution in [0.2, 0.25) is 0 Å². The molecule has 0 aromatic carbocycles. The van der Waals surface area contributed by atoms with Crippen molar-refractivity contribution in [2.45, 2.75) is 12.2 Å². The van der Waals surface area contributed by atoms with E-state index in [4.69, 9.17) is 9.47 Å². The standard InChI is InChI=1S/C8H13NO3/c1-9-2-7-8(3-9)12-5-6(10)4-11-7/h7-8H,2-5H2,1H3. The second-order valence-electron chi connectivity index (χ2n) is 3.46. The first-order chi connectivity index (χ1) is 5.75. The average Bonchev–Trinajstić information content (AvgIpc) is 2.31. The number of ether oxygens (including phenoxy) is 2. The maximum atomic E-state index is 10.9. The zero-order chi connectivity index (χ0) is 8.55. The summed E-state index contributed by atoms with van der Waals surface area (Å²) in [5.41, 5.74) is 0. The Morgan fingerprint density at radius 2 is 1.75 bits per heavy atom. The van der Waals surface area contributed by atoms with Crippen LogP contribution in [0.25, 0.3) is 0 Å². The van der Waals surface area contributed by atoms with Gasteiger partial charge < -0.3 is 14.4 Å². The highest BCUT2D eigenvalue weighted by Crippen LogP contribution is 2.17. The van der Waals surface area contributed by atoms with Gasteiger partial charge in [-0.3, -0.25) is 4.79 Å². The van der Waals surface area contributed by atoms with E-state index in [2.05, 4.69) is 4.90 Å². The molecule has 0 spiro atoms. The number of Topliss-reactive ketones (excluding diaryl/α,β-unsaturated/α-hetero) is 1. The summed E-state index contributed by atoms with van der Waals surface area (Å²) >= 11 is 0. The molecule has 0 aliphatic carbocycles. The lowest BCUT2D eigenvalue weighted by molar-refractivity contribution is -0.125. The number of fused-ring (bicyclic) bond motifs is 1. The van der Waals surface area contributed by atoms with Crippen molar-refractivity contribution < 1.29 is 14.3 Å². The molecule has 2 saturated heterocycles. The van der Waals surface area contributed by atoms with Crippen LogP contribution in [-0.2, 0) is 14.3 Å². The Hall–Kier alpha value is -0.450. The first-order valence-corrected chi connectivity index (χ1v) is 4.19. The second kappa shape index (κ2) is 3.12. The van der Waals surface area contributed by atoms with Gasteiger partial charge in [0.1, 0.15) is 13.2 Å². The number of rotatable bonds is 0. The number of ketones is 1. The quantitative estimate of drug-likeness (QED) is 0.482. The number of carbonyl (C=O) groups excluding carboxylic acids is 1. The van der Waals surface area contributed by atoms with Crippen molar-refractivity contribution in [3.8, 4) is 0 Å². The van der Waals surface area contributed by atoms with E-state index in [0.29, 0.717) is 0 Å². The smallest absolute Gasteiger partial charge is 0.184 e. The Morgan fingerprint density at radius 1 is 1.25 bits per heavy atom. The van der Waals surface area contributed by atoms with E-state index in [0.717, 1.165) is 13.1 Å². The van der Waals surface area contributed by atoms with Crippen LogP contribution in [0.3, 0.4) is 0 Å². The molecule has 0 amide bonds. The lowest BCUT2D eigenvalue weighted by Crippen LogP contribution is -2.27. The molecule has 2 heterocycles. The second-order valence-corrected chi connectivity index (χ2v) is 3.46. The summed E-state index contributed by atoms with van der Waals surface area (Å²) in [5, 5.41) is 0. The van der Waals surface area contributed by atoms with E-state index in [1.165, 1.54) is 0 Å². The summed E-state index contributed by atoms with van der Waals surface area (Å²) in [6.07, 6.45) is 0.197. The van der Waals surface area contributed by atoms with Crippen LogP contribution in [0.5, 0.6) is 0 Å². The molecule has 4 nitrogen and oxygen atoms in total. The first-order valence-electron chi connectivity index (χ1n) is 4.19. The third-order valence-corrected chi connectivity index (χ3v) is 2.31. The van der Waals surface area contributed by atoms with Crippen LogP contribution in [0.4, 0.5) is 0 Å². The van der Waals surface area contributed by atoms with Gasteiger partial charge in [0.25, 0.3) is 0 Å². The Kier molecular flexibility index (Phi) is 2.12. The van der Waals surface area contributed by atoms with Crippen molar-refractivity contribution in [3.63, 3.8) is 0 Å². The van der Waals surface area contributed by atoms with Gasteiger partial charge in [-0.15, -0.1) is 0 Å². The van der Waals surface area contributed by atoms with Crippen molar-refractivity contribution in [2.24, 2.45) is 0 Å². The van der Waals surface area contributed by atoms with E-state index in [1.807, 2.05) is 7.05 Å². The molecule has 0 bridgehead atoms. The maximum Gasteiger partial charge on any atom is 0.184 e. The molecule has 0 radical (unpaired) electrons. The van der Waals surface area contributed by atoms with Crippen molar-refractivity contribution in [1.29, 1.82) is 0 Å². The van der Waals surface area contributed by atoms with Gasteiger partial charge in [0.2, 0.25) is 0 Å². The van der Waals surface area contributed by atoms with Gasteiger partial charge in [0.15, 0.2) is 5.78 Å². The van der Waals surface area contributed by atoms with E-state index in [9.17, 15) is 4.79 Å². The first kappa shape index (κ1) is 8.16. The summed E-state index contributed by atoms with van der Waals surface area (Å²) in [4.78, 5) is 13.1. The third-order valence-electron chi connectivity index (χ3n) is 2.31. The highest BCUT2D eigenvalue weighted by molar-refractivity contribution is 5.81. The highest BCUT2D eigenvalue weighted by atomic mass is 16.6. The SMILES string of the molecule is CN1CC2OCC(=O)COC2C1. The number of likely N-dealkylation sites (tertiary alicyclic amines) is 1. The van der Waals surface area contributed by atoms with Gasteiger partial charge in [-0.2, -0.15) is 0 Å². The van der Waals surface area contributed by atoms with Crippen molar-refractivity contribution >= 4 is 5.78 Å². The number of hydrogen-bond acceptors (Lipinski definition) is 4. The molecule has 2 fully saturated rings. The summed E-state index contributed by atoms with van der Waals surface area (Å²) in [6.45, 7) is 2.18. The summed E-state index contributed by atoms with van der Waals surface area (Å²) in [7, 11) is 2.03. The molecule has 0 aromatic rings. The topological polar surface area (TPSA) is 38.8 Å².